The maximum atomic E-state index is 11.8. The summed E-state index contributed by atoms with van der Waals surface area (Å²) in [6, 6.07) is 9.20. The van der Waals surface area contributed by atoms with Crippen LogP contribution in [0.3, 0.4) is 0 Å². The number of amides is 1. The van der Waals surface area contributed by atoms with Gasteiger partial charge in [0, 0.05) is 18.5 Å². The smallest absolute Gasteiger partial charge is 0.269 e. The Labute approximate surface area is 110 Å². The SMILES string of the molecule is O=C(NCCCO)c1cc2ccccc2c(Cl)n1. The molecule has 0 unspecified atom stereocenters. The summed E-state index contributed by atoms with van der Waals surface area (Å²) < 4.78 is 0. The van der Waals surface area contributed by atoms with E-state index < -0.39 is 0 Å². The van der Waals surface area contributed by atoms with Gasteiger partial charge in [-0.05, 0) is 17.9 Å². The van der Waals surface area contributed by atoms with Crippen molar-refractivity contribution in [3.63, 3.8) is 0 Å². The zero-order valence-corrected chi connectivity index (χ0v) is 10.4. The molecule has 18 heavy (non-hydrogen) atoms. The summed E-state index contributed by atoms with van der Waals surface area (Å²) in [7, 11) is 0. The second-order valence-corrected chi connectivity index (χ2v) is 4.21. The lowest BCUT2D eigenvalue weighted by Gasteiger charge is -2.06. The lowest BCUT2D eigenvalue weighted by Crippen LogP contribution is -2.25. The van der Waals surface area contributed by atoms with Crippen LogP contribution in [0.2, 0.25) is 5.15 Å². The van der Waals surface area contributed by atoms with Gasteiger partial charge in [0.05, 0.1) is 0 Å². The highest BCUT2D eigenvalue weighted by molar-refractivity contribution is 6.34. The van der Waals surface area contributed by atoms with Gasteiger partial charge in [0.15, 0.2) is 0 Å². The summed E-state index contributed by atoms with van der Waals surface area (Å²) >= 11 is 6.04. The molecule has 94 valence electrons. The molecular weight excluding hydrogens is 252 g/mol. The monoisotopic (exact) mass is 264 g/mol. The van der Waals surface area contributed by atoms with Gasteiger partial charge in [0.2, 0.25) is 0 Å². The van der Waals surface area contributed by atoms with Crippen LogP contribution in [0, 0.1) is 0 Å². The molecule has 2 aromatic rings. The Morgan fingerprint density at radius 2 is 2.17 bits per heavy atom. The molecule has 0 saturated carbocycles. The molecule has 0 bridgehead atoms. The number of nitrogens with zero attached hydrogens (tertiary/aromatic N) is 1. The minimum Gasteiger partial charge on any atom is -0.396 e. The number of aliphatic hydroxyl groups is 1. The van der Waals surface area contributed by atoms with Gasteiger partial charge in [-0.2, -0.15) is 0 Å². The number of pyridine rings is 1. The van der Waals surface area contributed by atoms with Crippen molar-refractivity contribution in [3.05, 3.63) is 41.2 Å². The fourth-order valence-corrected chi connectivity index (χ4v) is 1.91. The van der Waals surface area contributed by atoms with Crippen molar-refractivity contribution < 1.29 is 9.90 Å². The van der Waals surface area contributed by atoms with Crippen LogP contribution in [0.5, 0.6) is 0 Å². The molecule has 0 aliphatic rings. The van der Waals surface area contributed by atoms with Gasteiger partial charge in [-0.1, -0.05) is 35.9 Å². The molecule has 1 aromatic heterocycles. The quantitative estimate of drug-likeness (QED) is 0.656. The van der Waals surface area contributed by atoms with Gasteiger partial charge < -0.3 is 10.4 Å². The van der Waals surface area contributed by atoms with E-state index >= 15 is 0 Å². The first-order valence-corrected chi connectivity index (χ1v) is 6.04. The minimum atomic E-state index is -0.281. The predicted octanol–water partition coefficient (Wildman–Crippen LogP) is 2.00. The molecular formula is C13H13ClN2O2. The number of benzene rings is 1. The van der Waals surface area contributed by atoms with Gasteiger partial charge in [0.1, 0.15) is 10.8 Å². The van der Waals surface area contributed by atoms with Crippen molar-refractivity contribution in [2.75, 3.05) is 13.2 Å². The summed E-state index contributed by atoms with van der Waals surface area (Å²) in [6.45, 7) is 0.466. The van der Waals surface area contributed by atoms with E-state index in [1.807, 2.05) is 24.3 Å². The fourth-order valence-electron chi connectivity index (χ4n) is 1.64. The molecule has 0 spiro atoms. The second-order valence-electron chi connectivity index (χ2n) is 3.85. The zero-order chi connectivity index (χ0) is 13.0. The standard InChI is InChI=1S/C13H13ClN2O2/c14-12-10-5-2-1-4-9(10)8-11(16-12)13(18)15-6-3-7-17/h1-2,4-5,8,17H,3,6-7H2,(H,15,18). The second kappa shape index (κ2) is 5.80. The summed E-state index contributed by atoms with van der Waals surface area (Å²) in [4.78, 5) is 15.9. The van der Waals surface area contributed by atoms with E-state index in [0.29, 0.717) is 18.1 Å². The number of carbonyl (C=O) groups is 1. The third kappa shape index (κ3) is 2.78. The number of aliphatic hydroxyl groups excluding tert-OH is 1. The molecule has 5 heteroatoms. The number of nitrogens with one attached hydrogen (secondary N) is 1. The Balaban J connectivity index is 2.26. The molecule has 1 amide bonds. The van der Waals surface area contributed by atoms with E-state index in [4.69, 9.17) is 16.7 Å². The third-order valence-corrected chi connectivity index (χ3v) is 2.84. The summed E-state index contributed by atoms with van der Waals surface area (Å²) in [5.41, 5.74) is 0.289. The van der Waals surface area contributed by atoms with Crippen LogP contribution in [-0.4, -0.2) is 29.1 Å². The molecule has 4 nitrogen and oxygen atoms in total. The summed E-state index contributed by atoms with van der Waals surface area (Å²) in [6.07, 6.45) is 0.521. The summed E-state index contributed by atoms with van der Waals surface area (Å²) in [5.74, 6) is -0.281. The molecule has 1 aromatic carbocycles. The van der Waals surface area contributed by atoms with Crippen LogP contribution in [0.1, 0.15) is 16.9 Å². The van der Waals surface area contributed by atoms with E-state index in [1.54, 1.807) is 6.07 Å². The first-order valence-electron chi connectivity index (χ1n) is 5.66. The lowest BCUT2D eigenvalue weighted by molar-refractivity contribution is 0.0946. The van der Waals surface area contributed by atoms with Crippen molar-refractivity contribution in [2.45, 2.75) is 6.42 Å². The topological polar surface area (TPSA) is 62.2 Å². The molecule has 0 atom stereocenters. The van der Waals surface area contributed by atoms with E-state index in [-0.39, 0.29) is 18.2 Å². The van der Waals surface area contributed by atoms with Crippen LogP contribution in [0.4, 0.5) is 0 Å². The number of halogens is 1. The molecule has 0 saturated heterocycles. The number of hydrogen-bond acceptors (Lipinski definition) is 3. The van der Waals surface area contributed by atoms with E-state index in [9.17, 15) is 4.79 Å². The van der Waals surface area contributed by atoms with E-state index in [2.05, 4.69) is 10.3 Å². The number of carbonyl (C=O) groups excluding carboxylic acids is 1. The maximum Gasteiger partial charge on any atom is 0.269 e. The van der Waals surface area contributed by atoms with Crippen LogP contribution in [0.15, 0.2) is 30.3 Å². The molecule has 0 aliphatic carbocycles. The highest BCUT2D eigenvalue weighted by Gasteiger charge is 2.10. The molecule has 0 fully saturated rings. The minimum absolute atomic E-state index is 0.0478. The lowest BCUT2D eigenvalue weighted by atomic mass is 10.1. The number of aromatic nitrogens is 1. The van der Waals surface area contributed by atoms with Crippen LogP contribution < -0.4 is 5.32 Å². The third-order valence-electron chi connectivity index (χ3n) is 2.55. The average molecular weight is 265 g/mol. The zero-order valence-electron chi connectivity index (χ0n) is 9.69. The number of hydrogen-bond donors (Lipinski definition) is 2. The largest absolute Gasteiger partial charge is 0.396 e. The fraction of sp³-hybridized carbons (Fsp3) is 0.231. The predicted molar refractivity (Wildman–Crippen MR) is 70.8 cm³/mol. The van der Waals surface area contributed by atoms with Crippen molar-refractivity contribution in [1.82, 2.24) is 10.3 Å². The Morgan fingerprint density at radius 3 is 2.94 bits per heavy atom. The molecule has 0 radical (unpaired) electrons. The highest BCUT2D eigenvalue weighted by atomic mass is 35.5. The Hall–Kier alpha value is -1.65. The Kier molecular flexibility index (Phi) is 4.12. The van der Waals surface area contributed by atoms with Crippen LogP contribution in [-0.2, 0) is 0 Å². The average Bonchev–Trinajstić information content (AvgIpc) is 2.39. The van der Waals surface area contributed by atoms with Crippen LogP contribution >= 0.6 is 11.6 Å². The van der Waals surface area contributed by atoms with E-state index in [0.717, 1.165) is 10.8 Å². The number of fused-ring (bicyclic) bond motifs is 1. The van der Waals surface area contributed by atoms with E-state index in [1.165, 1.54) is 0 Å². The highest BCUT2D eigenvalue weighted by Crippen LogP contribution is 2.22. The van der Waals surface area contributed by atoms with Crippen LogP contribution in [0.25, 0.3) is 10.8 Å². The molecule has 2 rings (SSSR count). The maximum absolute atomic E-state index is 11.8. The van der Waals surface area contributed by atoms with Gasteiger partial charge in [0.25, 0.3) is 5.91 Å². The van der Waals surface area contributed by atoms with Gasteiger partial charge in [-0.15, -0.1) is 0 Å². The van der Waals surface area contributed by atoms with Crippen molar-refractivity contribution in [3.8, 4) is 0 Å². The summed E-state index contributed by atoms with van der Waals surface area (Å²) in [5, 5.41) is 13.3. The first-order chi connectivity index (χ1) is 8.72. The molecule has 2 N–H and O–H groups in total. The normalized spacial score (nSPS) is 10.6. The van der Waals surface area contributed by atoms with Gasteiger partial charge in [-0.3, -0.25) is 4.79 Å². The van der Waals surface area contributed by atoms with Gasteiger partial charge in [-0.25, -0.2) is 4.98 Å². The van der Waals surface area contributed by atoms with Crippen molar-refractivity contribution >= 4 is 28.3 Å². The first kappa shape index (κ1) is 12.8. The van der Waals surface area contributed by atoms with Crippen molar-refractivity contribution in [2.24, 2.45) is 0 Å². The Bertz CT molecular complexity index is 572. The Morgan fingerprint density at radius 1 is 1.39 bits per heavy atom. The molecule has 0 aliphatic heterocycles. The molecule has 1 heterocycles. The van der Waals surface area contributed by atoms with Gasteiger partial charge >= 0.3 is 0 Å². The number of rotatable bonds is 4. The van der Waals surface area contributed by atoms with Crippen molar-refractivity contribution in [1.29, 1.82) is 0 Å².